The Balaban J connectivity index is 2.86. The van der Waals surface area contributed by atoms with Crippen LogP contribution >= 0.6 is 0 Å². The molecule has 4 heteroatoms. The molecule has 1 aromatic carbocycles. The second-order valence-electron chi connectivity index (χ2n) is 4.23. The van der Waals surface area contributed by atoms with Crippen molar-refractivity contribution in [3.8, 4) is 5.75 Å². The largest absolute Gasteiger partial charge is 0.496 e. The van der Waals surface area contributed by atoms with E-state index in [2.05, 4.69) is 5.32 Å². The molecule has 0 aliphatic rings. The van der Waals surface area contributed by atoms with E-state index in [-0.39, 0.29) is 11.9 Å². The maximum atomic E-state index is 11.8. The number of ether oxygens (including phenoxy) is 1. The summed E-state index contributed by atoms with van der Waals surface area (Å²) >= 11 is 0. The summed E-state index contributed by atoms with van der Waals surface area (Å²) in [5, 5.41) is 2.96. The minimum atomic E-state index is -0.450. The van der Waals surface area contributed by atoms with Gasteiger partial charge in [0.05, 0.1) is 19.2 Å². The zero-order valence-corrected chi connectivity index (χ0v) is 11.3. The average molecular weight is 250 g/mol. The van der Waals surface area contributed by atoms with E-state index in [1.807, 2.05) is 38.1 Å². The number of rotatable bonds is 6. The molecule has 0 saturated carbocycles. The zero-order valence-electron chi connectivity index (χ0n) is 11.3. The number of para-hydroxylation sites is 1. The molecular weight excluding hydrogens is 228 g/mol. The van der Waals surface area contributed by atoms with E-state index in [9.17, 15) is 4.79 Å². The lowest BCUT2D eigenvalue weighted by atomic mass is 10.0. The van der Waals surface area contributed by atoms with E-state index in [0.717, 1.165) is 17.7 Å². The molecule has 4 nitrogen and oxygen atoms in total. The Morgan fingerprint density at radius 1 is 1.33 bits per heavy atom. The van der Waals surface area contributed by atoms with E-state index in [4.69, 9.17) is 10.5 Å². The number of hydrogen-bond donors (Lipinski definition) is 2. The summed E-state index contributed by atoms with van der Waals surface area (Å²) in [6, 6.07) is 7.19. The van der Waals surface area contributed by atoms with Gasteiger partial charge in [0.25, 0.3) is 0 Å². The number of amides is 1. The number of nitrogens with one attached hydrogen (secondary N) is 1. The first-order valence-electron chi connectivity index (χ1n) is 6.32. The molecule has 0 heterocycles. The average Bonchev–Trinajstić information content (AvgIpc) is 2.43. The van der Waals surface area contributed by atoms with E-state index >= 15 is 0 Å². The van der Waals surface area contributed by atoms with Crippen molar-refractivity contribution in [3.63, 3.8) is 0 Å². The summed E-state index contributed by atoms with van der Waals surface area (Å²) in [7, 11) is 1.63. The monoisotopic (exact) mass is 250 g/mol. The third-order valence-corrected chi connectivity index (χ3v) is 3.02. The smallest absolute Gasteiger partial charge is 0.237 e. The highest BCUT2D eigenvalue weighted by Gasteiger charge is 2.19. The van der Waals surface area contributed by atoms with E-state index in [1.165, 1.54) is 0 Å². The molecule has 0 radical (unpaired) electrons. The Labute approximate surface area is 109 Å². The molecular formula is C14H22N2O2. The van der Waals surface area contributed by atoms with Crippen LogP contribution < -0.4 is 15.8 Å². The number of carbonyl (C=O) groups excluding carboxylic acids is 1. The first-order chi connectivity index (χ1) is 8.63. The van der Waals surface area contributed by atoms with Crippen LogP contribution in [0.1, 0.15) is 38.3 Å². The van der Waals surface area contributed by atoms with Gasteiger partial charge in [-0.1, -0.05) is 32.0 Å². The molecule has 2 unspecified atom stereocenters. The quantitative estimate of drug-likeness (QED) is 0.811. The Kier molecular flexibility index (Phi) is 5.65. The Morgan fingerprint density at radius 2 is 2.00 bits per heavy atom. The van der Waals surface area contributed by atoms with Gasteiger partial charge in [-0.2, -0.15) is 0 Å². The number of hydrogen-bond acceptors (Lipinski definition) is 3. The molecule has 3 N–H and O–H groups in total. The Hall–Kier alpha value is -1.55. The van der Waals surface area contributed by atoms with Crippen LogP contribution in [0.15, 0.2) is 24.3 Å². The van der Waals surface area contributed by atoms with Gasteiger partial charge in [0.2, 0.25) is 5.91 Å². The minimum Gasteiger partial charge on any atom is -0.496 e. The van der Waals surface area contributed by atoms with E-state index in [1.54, 1.807) is 7.11 Å². The zero-order chi connectivity index (χ0) is 13.5. The van der Waals surface area contributed by atoms with Crippen LogP contribution in [-0.2, 0) is 4.79 Å². The maximum Gasteiger partial charge on any atom is 0.237 e. The molecule has 1 rings (SSSR count). The highest BCUT2D eigenvalue weighted by Crippen LogP contribution is 2.26. The molecule has 0 saturated heterocycles. The van der Waals surface area contributed by atoms with Gasteiger partial charge in [0.15, 0.2) is 0 Å². The molecule has 0 bridgehead atoms. The SMILES string of the molecule is CCC(N)C(=O)NC(CC)c1ccccc1OC. The van der Waals surface area contributed by atoms with Gasteiger partial charge in [0.1, 0.15) is 5.75 Å². The fourth-order valence-electron chi connectivity index (χ4n) is 1.82. The molecule has 1 aromatic rings. The third kappa shape index (κ3) is 3.47. The predicted molar refractivity (Wildman–Crippen MR) is 72.4 cm³/mol. The molecule has 0 spiro atoms. The van der Waals surface area contributed by atoms with Crippen molar-refractivity contribution in [2.75, 3.05) is 7.11 Å². The van der Waals surface area contributed by atoms with Gasteiger partial charge in [-0.25, -0.2) is 0 Å². The van der Waals surface area contributed by atoms with Crippen LogP contribution in [0.2, 0.25) is 0 Å². The molecule has 2 atom stereocenters. The lowest BCUT2D eigenvalue weighted by Crippen LogP contribution is -2.41. The molecule has 1 amide bonds. The van der Waals surface area contributed by atoms with Gasteiger partial charge >= 0.3 is 0 Å². The normalized spacial score (nSPS) is 13.8. The summed E-state index contributed by atoms with van der Waals surface area (Å²) in [6.45, 7) is 3.92. The fourth-order valence-corrected chi connectivity index (χ4v) is 1.82. The summed E-state index contributed by atoms with van der Waals surface area (Å²) in [6.07, 6.45) is 1.43. The second kappa shape index (κ2) is 7.01. The predicted octanol–water partition coefficient (Wildman–Crippen LogP) is 2.00. The minimum absolute atomic E-state index is 0.0637. The second-order valence-corrected chi connectivity index (χ2v) is 4.23. The fraction of sp³-hybridized carbons (Fsp3) is 0.500. The van der Waals surface area contributed by atoms with E-state index < -0.39 is 6.04 Å². The molecule has 100 valence electrons. The van der Waals surface area contributed by atoms with Crippen molar-refractivity contribution < 1.29 is 9.53 Å². The van der Waals surface area contributed by atoms with E-state index in [0.29, 0.717) is 6.42 Å². The molecule has 0 fully saturated rings. The van der Waals surface area contributed by atoms with Crippen LogP contribution in [0.4, 0.5) is 0 Å². The van der Waals surface area contributed by atoms with Gasteiger partial charge in [-0.05, 0) is 18.9 Å². The standard InChI is InChI=1S/C14H22N2O2/c1-4-11(15)14(17)16-12(5-2)10-8-6-7-9-13(10)18-3/h6-9,11-12H,4-5,15H2,1-3H3,(H,16,17). The molecule has 0 aromatic heterocycles. The van der Waals surface area contributed by atoms with Crippen LogP contribution in [0.3, 0.4) is 0 Å². The number of nitrogens with two attached hydrogens (primary N) is 1. The van der Waals surface area contributed by atoms with Crippen LogP contribution in [-0.4, -0.2) is 19.1 Å². The topological polar surface area (TPSA) is 64.4 Å². The third-order valence-electron chi connectivity index (χ3n) is 3.02. The lowest BCUT2D eigenvalue weighted by molar-refractivity contribution is -0.123. The van der Waals surface area contributed by atoms with Crippen molar-refractivity contribution in [1.29, 1.82) is 0 Å². The number of benzene rings is 1. The molecule has 18 heavy (non-hydrogen) atoms. The Bertz CT molecular complexity index is 393. The maximum absolute atomic E-state index is 11.8. The molecule has 0 aliphatic heterocycles. The first-order valence-corrected chi connectivity index (χ1v) is 6.32. The van der Waals surface area contributed by atoms with Crippen molar-refractivity contribution in [2.24, 2.45) is 5.73 Å². The van der Waals surface area contributed by atoms with Crippen LogP contribution in [0.25, 0.3) is 0 Å². The van der Waals surface area contributed by atoms with Gasteiger partial charge < -0.3 is 15.8 Å². The van der Waals surface area contributed by atoms with Crippen LogP contribution in [0, 0.1) is 0 Å². The summed E-state index contributed by atoms with van der Waals surface area (Å²) in [4.78, 5) is 11.8. The summed E-state index contributed by atoms with van der Waals surface area (Å²) in [5.74, 6) is 0.671. The van der Waals surface area contributed by atoms with Crippen molar-refractivity contribution in [3.05, 3.63) is 29.8 Å². The van der Waals surface area contributed by atoms with Gasteiger partial charge in [-0.3, -0.25) is 4.79 Å². The first kappa shape index (κ1) is 14.5. The summed E-state index contributed by atoms with van der Waals surface area (Å²) < 4.78 is 5.31. The Morgan fingerprint density at radius 3 is 2.56 bits per heavy atom. The molecule has 0 aliphatic carbocycles. The summed E-state index contributed by atoms with van der Waals surface area (Å²) in [5.41, 5.74) is 6.71. The highest BCUT2D eigenvalue weighted by molar-refractivity contribution is 5.81. The van der Waals surface area contributed by atoms with Crippen molar-refractivity contribution in [2.45, 2.75) is 38.8 Å². The van der Waals surface area contributed by atoms with Crippen molar-refractivity contribution >= 4 is 5.91 Å². The highest BCUT2D eigenvalue weighted by atomic mass is 16.5. The number of methoxy groups -OCH3 is 1. The van der Waals surface area contributed by atoms with Crippen molar-refractivity contribution in [1.82, 2.24) is 5.32 Å². The lowest BCUT2D eigenvalue weighted by Gasteiger charge is -2.21. The number of carbonyl (C=O) groups is 1. The van der Waals surface area contributed by atoms with Gasteiger partial charge in [0, 0.05) is 5.56 Å². The van der Waals surface area contributed by atoms with Crippen LogP contribution in [0.5, 0.6) is 5.75 Å². The van der Waals surface area contributed by atoms with Gasteiger partial charge in [-0.15, -0.1) is 0 Å².